The summed E-state index contributed by atoms with van der Waals surface area (Å²) in [4.78, 5) is 24.6. The van der Waals surface area contributed by atoms with Gasteiger partial charge in [-0.1, -0.05) is 43.7 Å². The van der Waals surface area contributed by atoms with Crippen molar-refractivity contribution in [2.75, 3.05) is 13.1 Å². The predicted molar refractivity (Wildman–Crippen MR) is 73.1 cm³/mol. The molecule has 0 radical (unpaired) electrons. The van der Waals surface area contributed by atoms with Crippen molar-refractivity contribution in [1.29, 1.82) is 0 Å². The van der Waals surface area contributed by atoms with Gasteiger partial charge in [0.15, 0.2) is 0 Å². The number of likely N-dealkylation sites (tertiary alicyclic amines) is 1. The Bertz CT molecular complexity index is 474. The molecular formula is C15H19NO4. The summed E-state index contributed by atoms with van der Waals surface area (Å²) in [5.74, 6) is -1.31. The zero-order valence-corrected chi connectivity index (χ0v) is 11.5. The van der Waals surface area contributed by atoms with Crippen LogP contribution in [0.3, 0.4) is 0 Å². The van der Waals surface area contributed by atoms with Gasteiger partial charge in [-0.3, -0.25) is 4.79 Å². The number of rotatable bonds is 4. The molecule has 5 heteroatoms. The monoisotopic (exact) mass is 277 g/mol. The van der Waals surface area contributed by atoms with Crippen molar-refractivity contribution < 1.29 is 19.4 Å². The van der Waals surface area contributed by atoms with Crippen LogP contribution in [0.5, 0.6) is 0 Å². The van der Waals surface area contributed by atoms with Crippen LogP contribution in [-0.2, 0) is 16.1 Å². The maximum Gasteiger partial charge on any atom is 0.410 e. The quantitative estimate of drug-likeness (QED) is 0.917. The number of carboxylic acid groups (broad SMARTS) is 1. The molecule has 2 atom stereocenters. The molecule has 1 heterocycles. The molecule has 1 fully saturated rings. The summed E-state index contributed by atoms with van der Waals surface area (Å²) in [5.41, 5.74) is 0.918. The van der Waals surface area contributed by atoms with E-state index in [0.717, 1.165) is 12.0 Å². The topological polar surface area (TPSA) is 66.8 Å². The summed E-state index contributed by atoms with van der Waals surface area (Å²) in [6.07, 6.45) is 0.315. The van der Waals surface area contributed by atoms with Crippen molar-refractivity contribution >= 4 is 12.1 Å². The van der Waals surface area contributed by atoms with Crippen molar-refractivity contribution in [3.05, 3.63) is 35.9 Å². The van der Waals surface area contributed by atoms with Gasteiger partial charge < -0.3 is 14.7 Å². The van der Waals surface area contributed by atoms with Crippen molar-refractivity contribution in [3.8, 4) is 0 Å². The predicted octanol–water partition coefficient (Wildman–Crippen LogP) is 2.37. The van der Waals surface area contributed by atoms with Crippen LogP contribution in [0.4, 0.5) is 4.79 Å². The van der Waals surface area contributed by atoms with Gasteiger partial charge in [-0.2, -0.15) is 0 Å². The minimum Gasteiger partial charge on any atom is -0.481 e. The number of carboxylic acids is 1. The number of carbonyl (C=O) groups excluding carboxylic acids is 1. The number of hydrogen-bond donors (Lipinski definition) is 1. The van der Waals surface area contributed by atoms with Gasteiger partial charge in [0.2, 0.25) is 0 Å². The zero-order chi connectivity index (χ0) is 14.5. The molecule has 1 aromatic rings. The summed E-state index contributed by atoms with van der Waals surface area (Å²) in [5, 5.41) is 9.14. The molecule has 1 unspecified atom stereocenters. The first-order valence-electron chi connectivity index (χ1n) is 6.80. The minimum atomic E-state index is -0.838. The summed E-state index contributed by atoms with van der Waals surface area (Å²) in [6.45, 7) is 2.85. The van der Waals surface area contributed by atoms with Crippen molar-refractivity contribution in [1.82, 2.24) is 4.90 Å². The van der Waals surface area contributed by atoms with E-state index in [-0.39, 0.29) is 19.1 Å². The van der Waals surface area contributed by atoms with E-state index < -0.39 is 18.0 Å². The van der Waals surface area contributed by atoms with Gasteiger partial charge in [-0.05, 0) is 11.5 Å². The third-order valence-corrected chi connectivity index (χ3v) is 3.75. The van der Waals surface area contributed by atoms with Gasteiger partial charge in [0.05, 0.1) is 5.92 Å². The molecular weight excluding hydrogens is 258 g/mol. The van der Waals surface area contributed by atoms with Crippen LogP contribution in [-0.4, -0.2) is 35.2 Å². The van der Waals surface area contributed by atoms with Crippen LogP contribution in [0.25, 0.3) is 0 Å². The summed E-state index contributed by atoms with van der Waals surface area (Å²) >= 11 is 0. The molecule has 1 aliphatic rings. The molecule has 0 bridgehead atoms. The summed E-state index contributed by atoms with van der Waals surface area (Å²) < 4.78 is 5.23. The lowest BCUT2D eigenvalue weighted by Gasteiger charge is -2.15. The molecule has 0 aromatic heterocycles. The average Bonchev–Trinajstić information content (AvgIpc) is 2.90. The van der Waals surface area contributed by atoms with E-state index in [1.807, 2.05) is 37.3 Å². The second-order valence-electron chi connectivity index (χ2n) is 5.06. The Morgan fingerprint density at radius 2 is 2.00 bits per heavy atom. The Morgan fingerprint density at radius 1 is 1.30 bits per heavy atom. The van der Waals surface area contributed by atoms with Crippen LogP contribution in [0, 0.1) is 11.8 Å². The zero-order valence-electron chi connectivity index (χ0n) is 11.5. The molecule has 0 spiro atoms. The first kappa shape index (κ1) is 14.4. The van der Waals surface area contributed by atoms with E-state index >= 15 is 0 Å². The SMILES string of the molecule is CCC1CN(C(=O)OCc2ccccc2)C[C@H]1C(=O)O. The Labute approximate surface area is 118 Å². The molecule has 1 N–H and O–H groups in total. The Hall–Kier alpha value is -2.04. The molecule has 20 heavy (non-hydrogen) atoms. The highest BCUT2D eigenvalue weighted by atomic mass is 16.6. The lowest BCUT2D eigenvalue weighted by molar-refractivity contribution is -0.142. The fourth-order valence-electron chi connectivity index (χ4n) is 2.52. The van der Waals surface area contributed by atoms with Crippen molar-refractivity contribution in [2.45, 2.75) is 20.0 Å². The lowest BCUT2D eigenvalue weighted by Crippen LogP contribution is -2.30. The normalized spacial score (nSPS) is 21.8. The van der Waals surface area contributed by atoms with Crippen LogP contribution >= 0.6 is 0 Å². The molecule has 2 rings (SSSR count). The van der Waals surface area contributed by atoms with E-state index in [0.29, 0.717) is 6.54 Å². The molecule has 108 valence electrons. The Morgan fingerprint density at radius 3 is 2.55 bits per heavy atom. The van der Waals surface area contributed by atoms with Crippen molar-refractivity contribution in [2.24, 2.45) is 11.8 Å². The first-order valence-corrected chi connectivity index (χ1v) is 6.80. The summed E-state index contributed by atoms with van der Waals surface area (Å²) in [6, 6.07) is 9.42. The molecule has 5 nitrogen and oxygen atoms in total. The first-order chi connectivity index (χ1) is 9.61. The highest BCUT2D eigenvalue weighted by molar-refractivity contribution is 5.74. The van der Waals surface area contributed by atoms with Crippen molar-refractivity contribution in [3.63, 3.8) is 0 Å². The summed E-state index contributed by atoms with van der Waals surface area (Å²) in [7, 11) is 0. The number of aliphatic carboxylic acids is 1. The molecule has 1 aliphatic heterocycles. The fourth-order valence-corrected chi connectivity index (χ4v) is 2.52. The number of amides is 1. The number of hydrogen-bond acceptors (Lipinski definition) is 3. The Kier molecular flexibility index (Phi) is 4.61. The second-order valence-corrected chi connectivity index (χ2v) is 5.06. The van der Waals surface area contributed by atoms with E-state index in [2.05, 4.69) is 0 Å². The maximum absolute atomic E-state index is 12.0. The molecule has 1 saturated heterocycles. The van der Waals surface area contributed by atoms with E-state index in [9.17, 15) is 9.59 Å². The van der Waals surface area contributed by atoms with E-state index in [1.54, 1.807) is 0 Å². The molecule has 1 amide bonds. The van der Waals surface area contributed by atoms with Gasteiger partial charge in [0.1, 0.15) is 6.61 Å². The standard InChI is InChI=1S/C15H19NO4/c1-2-12-8-16(9-13(12)14(17)18)15(19)20-10-11-6-4-3-5-7-11/h3-7,12-13H,2,8-10H2,1H3,(H,17,18)/t12?,13-/m1/s1. The molecule has 0 aliphatic carbocycles. The minimum absolute atomic E-state index is 0.0109. The number of carbonyl (C=O) groups is 2. The highest BCUT2D eigenvalue weighted by Gasteiger charge is 2.39. The number of benzene rings is 1. The largest absolute Gasteiger partial charge is 0.481 e. The lowest BCUT2D eigenvalue weighted by atomic mass is 9.94. The fraction of sp³-hybridized carbons (Fsp3) is 0.467. The third-order valence-electron chi connectivity index (χ3n) is 3.75. The van der Waals surface area contributed by atoms with Gasteiger partial charge >= 0.3 is 12.1 Å². The van der Waals surface area contributed by atoms with Gasteiger partial charge in [0, 0.05) is 13.1 Å². The van der Waals surface area contributed by atoms with Crippen LogP contribution in [0.2, 0.25) is 0 Å². The van der Waals surface area contributed by atoms with E-state index in [1.165, 1.54) is 4.90 Å². The Balaban J connectivity index is 1.89. The maximum atomic E-state index is 12.0. The molecule has 0 saturated carbocycles. The number of nitrogens with zero attached hydrogens (tertiary/aromatic N) is 1. The van der Waals surface area contributed by atoms with Crippen LogP contribution < -0.4 is 0 Å². The van der Waals surface area contributed by atoms with Crippen LogP contribution in [0.15, 0.2) is 30.3 Å². The van der Waals surface area contributed by atoms with Gasteiger partial charge in [-0.25, -0.2) is 4.79 Å². The average molecular weight is 277 g/mol. The third kappa shape index (κ3) is 3.29. The van der Waals surface area contributed by atoms with E-state index in [4.69, 9.17) is 9.84 Å². The van der Waals surface area contributed by atoms with Gasteiger partial charge in [0.25, 0.3) is 0 Å². The smallest absolute Gasteiger partial charge is 0.410 e. The van der Waals surface area contributed by atoms with Gasteiger partial charge in [-0.15, -0.1) is 0 Å². The van der Waals surface area contributed by atoms with Crippen LogP contribution in [0.1, 0.15) is 18.9 Å². The molecule has 1 aromatic carbocycles. The highest BCUT2D eigenvalue weighted by Crippen LogP contribution is 2.26. The number of ether oxygens (including phenoxy) is 1. The second kappa shape index (κ2) is 6.41.